The van der Waals surface area contributed by atoms with Gasteiger partial charge in [-0.1, -0.05) is 48.5 Å². The second kappa shape index (κ2) is 7.11. The molecule has 3 aromatic rings. The van der Waals surface area contributed by atoms with E-state index in [-0.39, 0.29) is 12.1 Å². The Bertz CT molecular complexity index is 863. The molecule has 1 aromatic heterocycles. The Labute approximate surface area is 147 Å². The number of para-hydroxylation sites is 1. The van der Waals surface area contributed by atoms with Crippen molar-refractivity contribution in [3.63, 3.8) is 0 Å². The van der Waals surface area contributed by atoms with Crippen LogP contribution in [0.15, 0.2) is 60.8 Å². The van der Waals surface area contributed by atoms with E-state index in [0.29, 0.717) is 12.2 Å². The highest BCUT2D eigenvalue weighted by Crippen LogP contribution is 2.23. The lowest BCUT2D eigenvalue weighted by atomic mass is 10.2. The van der Waals surface area contributed by atoms with Gasteiger partial charge in [0.05, 0.1) is 11.7 Å². The molecule has 0 bridgehead atoms. The quantitative estimate of drug-likeness (QED) is 0.661. The zero-order valence-electron chi connectivity index (χ0n) is 14.1. The van der Waals surface area contributed by atoms with E-state index in [2.05, 4.69) is 16.7 Å². The Balaban J connectivity index is 1.59. The van der Waals surface area contributed by atoms with Gasteiger partial charge < -0.3 is 14.0 Å². The summed E-state index contributed by atoms with van der Waals surface area (Å²) in [5, 5.41) is 0.927. The average molecular weight is 335 g/mol. The number of hydrogen-bond donors (Lipinski definition) is 0. The third-order valence-corrected chi connectivity index (χ3v) is 4.63. The number of esters is 1. The molecule has 4 rings (SSSR count). The van der Waals surface area contributed by atoms with E-state index < -0.39 is 0 Å². The highest BCUT2D eigenvalue weighted by molar-refractivity contribution is 6.04. The predicted molar refractivity (Wildman–Crippen MR) is 96.7 cm³/mol. The van der Waals surface area contributed by atoms with E-state index in [1.54, 1.807) is 0 Å². The minimum Gasteiger partial charge on any atom is -0.459 e. The summed E-state index contributed by atoms with van der Waals surface area (Å²) in [6.07, 6.45) is 3.94. The number of fused-ring (bicyclic) bond motifs is 1. The van der Waals surface area contributed by atoms with Crippen LogP contribution in [0.2, 0.25) is 0 Å². The fourth-order valence-corrected chi connectivity index (χ4v) is 3.34. The van der Waals surface area contributed by atoms with E-state index in [4.69, 9.17) is 9.47 Å². The standard InChI is InChI=1S/C21H21NO3/c23-21(25-15-17-9-6-12-24-17)19-14-22(13-16-7-2-1-3-8-16)20-11-5-4-10-18(19)20/h1-5,7-8,10-11,14,17H,6,9,12-13,15H2. The molecule has 1 aliphatic heterocycles. The second-order valence-electron chi connectivity index (χ2n) is 6.41. The molecule has 0 radical (unpaired) electrons. The first-order valence-electron chi connectivity index (χ1n) is 8.72. The molecule has 1 unspecified atom stereocenters. The molecule has 128 valence electrons. The summed E-state index contributed by atoms with van der Waals surface area (Å²) in [4.78, 5) is 12.6. The number of aromatic nitrogens is 1. The Kier molecular flexibility index (Phi) is 4.53. The molecule has 4 nitrogen and oxygen atoms in total. The molecule has 1 fully saturated rings. The van der Waals surface area contributed by atoms with E-state index in [9.17, 15) is 4.79 Å². The molecule has 25 heavy (non-hydrogen) atoms. The second-order valence-corrected chi connectivity index (χ2v) is 6.41. The molecule has 0 spiro atoms. The Morgan fingerprint density at radius 2 is 1.92 bits per heavy atom. The van der Waals surface area contributed by atoms with Crippen LogP contribution in [0.1, 0.15) is 28.8 Å². The molecule has 2 aromatic carbocycles. The van der Waals surface area contributed by atoms with E-state index in [1.807, 2.05) is 48.7 Å². The van der Waals surface area contributed by atoms with Crippen LogP contribution in [0.3, 0.4) is 0 Å². The normalized spacial score (nSPS) is 17.0. The topological polar surface area (TPSA) is 40.5 Å². The third kappa shape index (κ3) is 3.44. The molecule has 0 amide bonds. The van der Waals surface area contributed by atoms with Crippen LogP contribution in [-0.4, -0.2) is 29.9 Å². The zero-order valence-corrected chi connectivity index (χ0v) is 14.1. The first-order chi connectivity index (χ1) is 12.3. The highest BCUT2D eigenvalue weighted by Gasteiger charge is 2.20. The minimum atomic E-state index is -0.279. The van der Waals surface area contributed by atoms with Crippen LogP contribution in [-0.2, 0) is 16.0 Å². The Hall–Kier alpha value is -2.59. The van der Waals surface area contributed by atoms with Crippen molar-refractivity contribution < 1.29 is 14.3 Å². The molecule has 0 aliphatic carbocycles. The van der Waals surface area contributed by atoms with Gasteiger partial charge in [0.2, 0.25) is 0 Å². The van der Waals surface area contributed by atoms with Gasteiger partial charge in [-0.3, -0.25) is 0 Å². The van der Waals surface area contributed by atoms with E-state index in [1.165, 1.54) is 5.56 Å². The number of ether oxygens (including phenoxy) is 2. The summed E-state index contributed by atoms with van der Waals surface area (Å²) in [6, 6.07) is 18.2. The van der Waals surface area contributed by atoms with Crippen LogP contribution in [0, 0.1) is 0 Å². The number of nitrogens with zero attached hydrogens (tertiary/aromatic N) is 1. The predicted octanol–water partition coefficient (Wildman–Crippen LogP) is 4.03. The van der Waals surface area contributed by atoms with E-state index >= 15 is 0 Å². The van der Waals surface area contributed by atoms with Crippen LogP contribution >= 0.6 is 0 Å². The molecular weight excluding hydrogens is 314 g/mol. The smallest absolute Gasteiger partial charge is 0.340 e. The lowest BCUT2D eigenvalue weighted by molar-refractivity contribution is 0.0163. The van der Waals surface area contributed by atoms with Crippen molar-refractivity contribution in [2.75, 3.05) is 13.2 Å². The van der Waals surface area contributed by atoms with Crippen molar-refractivity contribution in [1.82, 2.24) is 4.57 Å². The van der Waals surface area contributed by atoms with Crippen LogP contribution in [0.5, 0.6) is 0 Å². The number of rotatable bonds is 5. The van der Waals surface area contributed by atoms with Gasteiger partial charge in [0.25, 0.3) is 0 Å². The first-order valence-corrected chi connectivity index (χ1v) is 8.72. The molecule has 1 saturated heterocycles. The Morgan fingerprint density at radius 3 is 2.72 bits per heavy atom. The van der Waals surface area contributed by atoms with Gasteiger partial charge in [0.15, 0.2) is 0 Å². The van der Waals surface area contributed by atoms with Crippen molar-refractivity contribution in [1.29, 1.82) is 0 Å². The van der Waals surface area contributed by atoms with Gasteiger partial charge in [-0.25, -0.2) is 4.79 Å². The van der Waals surface area contributed by atoms with Crippen molar-refractivity contribution in [2.24, 2.45) is 0 Å². The highest BCUT2D eigenvalue weighted by atomic mass is 16.6. The molecular formula is C21H21NO3. The third-order valence-electron chi connectivity index (χ3n) is 4.63. The van der Waals surface area contributed by atoms with Crippen molar-refractivity contribution >= 4 is 16.9 Å². The number of benzene rings is 2. The largest absolute Gasteiger partial charge is 0.459 e. The van der Waals surface area contributed by atoms with Gasteiger partial charge in [0.1, 0.15) is 6.61 Å². The molecule has 2 heterocycles. The van der Waals surface area contributed by atoms with Gasteiger partial charge >= 0.3 is 5.97 Å². The average Bonchev–Trinajstić information content (AvgIpc) is 3.29. The van der Waals surface area contributed by atoms with Crippen LogP contribution in [0.25, 0.3) is 10.9 Å². The lowest BCUT2D eigenvalue weighted by Crippen LogP contribution is -2.17. The monoisotopic (exact) mass is 335 g/mol. The molecule has 0 saturated carbocycles. The maximum atomic E-state index is 12.6. The molecule has 4 heteroatoms. The fourth-order valence-electron chi connectivity index (χ4n) is 3.34. The SMILES string of the molecule is O=C(OCC1CCCO1)c1cn(Cc2ccccc2)c2ccccc12. The van der Waals surface area contributed by atoms with Crippen molar-refractivity contribution in [3.8, 4) is 0 Å². The van der Waals surface area contributed by atoms with Gasteiger partial charge in [-0.05, 0) is 24.5 Å². The van der Waals surface area contributed by atoms with Crippen molar-refractivity contribution in [2.45, 2.75) is 25.5 Å². The van der Waals surface area contributed by atoms with Gasteiger partial charge in [0, 0.05) is 30.3 Å². The summed E-state index contributed by atoms with van der Waals surface area (Å²) in [6.45, 7) is 1.82. The summed E-state index contributed by atoms with van der Waals surface area (Å²) in [5.74, 6) is -0.279. The molecule has 0 N–H and O–H groups in total. The van der Waals surface area contributed by atoms with Crippen molar-refractivity contribution in [3.05, 3.63) is 71.9 Å². The van der Waals surface area contributed by atoms with Crippen LogP contribution in [0.4, 0.5) is 0 Å². The molecule has 1 aliphatic rings. The summed E-state index contributed by atoms with van der Waals surface area (Å²) in [7, 11) is 0. The van der Waals surface area contributed by atoms with Gasteiger partial charge in [-0.2, -0.15) is 0 Å². The summed E-state index contributed by atoms with van der Waals surface area (Å²) < 4.78 is 13.1. The summed E-state index contributed by atoms with van der Waals surface area (Å²) >= 11 is 0. The first kappa shape index (κ1) is 15.9. The Morgan fingerprint density at radius 1 is 1.12 bits per heavy atom. The maximum absolute atomic E-state index is 12.6. The number of carbonyl (C=O) groups is 1. The van der Waals surface area contributed by atoms with Gasteiger partial charge in [-0.15, -0.1) is 0 Å². The molecule has 1 atom stereocenters. The lowest BCUT2D eigenvalue weighted by Gasteiger charge is -2.09. The van der Waals surface area contributed by atoms with E-state index in [0.717, 1.165) is 36.9 Å². The zero-order chi connectivity index (χ0) is 17.1. The minimum absolute atomic E-state index is 0.0432. The number of carbonyl (C=O) groups excluding carboxylic acids is 1. The summed E-state index contributed by atoms with van der Waals surface area (Å²) in [5.41, 5.74) is 2.85. The number of hydrogen-bond acceptors (Lipinski definition) is 3. The maximum Gasteiger partial charge on any atom is 0.340 e. The van der Waals surface area contributed by atoms with Crippen LogP contribution < -0.4 is 0 Å². The fraction of sp³-hybridized carbons (Fsp3) is 0.286.